The van der Waals surface area contributed by atoms with Gasteiger partial charge in [0.05, 0.1) is 18.3 Å². The minimum absolute atomic E-state index is 0.289. The second-order valence-corrected chi connectivity index (χ2v) is 7.10. The lowest BCUT2D eigenvalue weighted by atomic mass is 10.2. The van der Waals surface area contributed by atoms with Crippen LogP contribution in [-0.4, -0.2) is 33.2 Å². The molecule has 0 aliphatic carbocycles. The van der Waals surface area contributed by atoms with Crippen molar-refractivity contribution < 1.29 is 4.79 Å². The van der Waals surface area contributed by atoms with Gasteiger partial charge in [0.15, 0.2) is 0 Å². The molecule has 1 aliphatic rings. The fourth-order valence-corrected chi connectivity index (χ4v) is 3.95. The smallest absolute Gasteiger partial charge is 0.223 e. The van der Waals surface area contributed by atoms with Gasteiger partial charge in [-0.15, -0.1) is 11.3 Å². The van der Waals surface area contributed by atoms with Gasteiger partial charge in [-0.1, -0.05) is 6.07 Å². The monoisotopic (exact) mass is 317 g/mol. The molecule has 1 saturated heterocycles. The van der Waals surface area contributed by atoms with E-state index in [1.807, 2.05) is 17.7 Å². The maximum atomic E-state index is 12.5. The Kier molecular flexibility index (Phi) is 4.62. The predicted molar refractivity (Wildman–Crippen MR) is 89.1 cm³/mol. The molecule has 1 atom stereocenters. The minimum atomic E-state index is 0.289. The highest BCUT2D eigenvalue weighted by Crippen LogP contribution is 2.21. The Labute approximate surface area is 135 Å². The molecule has 1 unspecified atom stereocenters. The van der Waals surface area contributed by atoms with E-state index < -0.39 is 0 Å². The number of likely N-dealkylation sites (tertiary alicyclic amines) is 1. The maximum Gasteiger partial charge on any atom is 0.223 e. The van der Waals surface area contributed by atoms with Gasteiger partial charge in [0.1, 0.15) is 0 Å². The molecule has 0 N–H and O–H groups in total. The Morgan fingerprint density at radius 2 is 2.32 bits per heavy atom. The summed E-state index contributed by atoms with van der Waals surface area (Å²) in [5.74, 6) is 0.289. The first-order chi connectivity index (χ1) is 10.6. The third-order valence-electron chi connectivity index (χ3n) is 4.35. The molecule has 22 heavy (non-hydrogen) atoms. The molecule has 0 radical (unpaired) electrons. The van der Waals surface area contributed by atoms with E-state index in [-0.39, 0.29) is 5.91 Å². The van der Waals surface area contributed by atoms with Gasteiger partial charge < -0.3 is 4.90 Å². The van der Waals surface area contributed by atoms with Crippen molar-refractivity contribution in [3.63, 3.8) is 0 Å². The molecule has 5 heteroatoms. The average Bonchev–Trinajstić information content (AvgIpc) is 3.20. The van der Waals surface area contributed by atoms with Gasteiger partial charge in [0, 0.05) is 23.5 Å². The predicted octanol–water partition coefficient (Wildman–Crippen LogP) is 3.19. The lowest BCUT2D eigenvalue weighted by Crippen LogP contribution is -2.38. The molecule has 2 aromatic rings. The Hall–Kier alpha value is -1.62. The molecule has 1 aliphatic heterocycles. The van der Waals surface area contributed by atoms with Gasteiger partial charge in [-0.3, -0.25) is 9.48 Å². The summed E-state index contributed by atoms with van der Waals surface area (Å²) in [6.45, 7) is 5.82. The van der Waals surface area contributed by atoms with E-state index in [0.29, 0.717) is 12.5 Å². The number of amides is 1. The summed E-state index contributed by atoms with van der Waals surface area (Å²) in [6.07, 6.45) is 3.67. The van der Waals surface area contributed by atoms with Crippen LogP contribution in [0.15, 0.2) is 23.6 Å². The summed E-state index contributed by atoms with van der Waals surface area (Å²) in [6, 6.07) is 6.55. The van der Waals surface area contributed by atoms with E-state index >= 15 is 0 Å². The van der Waals surface area contributed by atoms with Crippen LogP contribution in [0.2, 0.25) is 0 Å². The summed E-state index contributed by atoms with van der Waals surface area (Å²) in [5, 5.41) is 6.61. The topological polar surface area (TPSA) is 38.1 Å². The van der Waals surface area contributed by atoms with Crippen LogP contribution in [0.5, 0.6) is 0 Å². The standard InChI is InChI=1S/C17H23N3OS/c1-13-11-14(2)20(18-13)12-15-5-3-9-19(15)17(21)8-7-16-6-4-10-22-16/h4,6,10-11,15H,3,5,7-9,12H2,1-2H3. The van der Waals surface area contributed by atoms with Crippen LogP contribution in [0.4, 0.5) is 0 Å². The molecular formula is C17H23N3OS. The van der Waals surface area contributed by atoms with Crippen LogP contribution < -0.4 is 0 Å². The molecule has 118 valence electrons. The lowest BCUT2D eigenvalue weighted by molar-refractivity contribution is -0.132. The van der Waals surface area contributed by atoms with Crippen molar-refractivity contribution in [1.82, 2.24) is 14.7 Å². The van der Waals surface area contributed by atoms with E-state index in [1.165, 1.54) is 10.6 Å². The second-order valence-electron chi connectivity index (χ2n) is 6.07. The molecule has 0 aromatic carbocycles. The van der Waals surface area contributed by atoms with Crippen molar-refractivity contribution in [3.8, 4) is 0 Å². The van der Waals surface area contributed by atoms with Gasteiger partial charge in [-0.2, -0.15) is 5.10 Å². The average molecular weight is 317 g/mol. The highest BCUT2D eigenvalue weighted by molar-refractivity contribution is 7.09. The van der Waals surface area contributed by atoms with E-state index in [4.69, 9.17) is 0 Å². The first-order valence-electron chi connectivity index (χ1n) is 7.96. The van der Waals surface area contributed by atoms with Crippen molar-refractivity contribution in [1.29, 1.82) is 0 Å². The Morgan fingerprint density at radius 1 is 1.45 bits per heavy atom. The van der Waals surface area contributed by atoms with E-state index in [2.05, 4.69) is 34.4 Å². The van der Waals surface area contributed by atoms with Gasteiger partial charge in [0.2, 0.25) is 5.91 Å². The molecule has 2 aromatic heterocycles. The highest BCUT2D eigenvalue weighted by atomic mass is 32.1. The summed E-state index contributed by atoms with van der Waals surface area (Å²) in [4.78, 5) is 15.9. The molecule has 0 bridgehead atoms. The zero-order valence-corrected chi connectivity index (χ0v) is 14.1. The van der Waals surface area contributed by atoms with Crippen LogP contribution in [0, 0.1) is 13.8 Å². The summed E-state index contributed by atoms with van der Waals surface area (Å²) in [7, 11) is 0. The maximum absolute atomic E-state index is 12.5. The van der Waals surface area contributed by atoms with E-state index in [1.54, 1.807) is 11.3 Å². The fourth-order valence-electron chi connectivity index (χ4n) is 3.24. The molecule has 0 saturated carbocycles. The number of nitrogens with zero attached hydrogens (tertiary/aromatic N) is 3. The van der Waals surface area contributed by atoms with Gasteiger partial charge >= 0.3 is 0 Å². The molecule has 3 rings (SSSR count). The van der Waals surface area contributed by atoms with Crippen molar-refractivity contribution in [2.75, 3.05) is 6.54 Å². The number of aromatic nitrogens is 2. The number of hydrogen-bond acceptors (Lipinski definition) is 3. The molecule has 4 nitrogen and oxygen atoms in total. The third-order valence-corrected chi connectivity index (χ3v) is 5.29. The Balaban J connectivity index is 1.60. The summed E-state index contributed by atoms with van der Waals surface area (Å²) >= 11 is 1.73. The van der Waals surface area contributed by atoms with Crippen LogP contribution >= 0.6 is 11.3 Å². The molecule has 3 heterocycles. The zero-order chi connectivity index (χ0) is 15.5. The van der Waals surface area contributed by atoms with E-state index in [0.717, 1.165) is 38.0 Å². The number of aryl methyl sites for hydroxylation is 3. The Morgan fingerprint density at radius 3 is 3.00 bits per heavy atom. The second kappa shape index (κ2) is 6.65. The Bertz CT molecular complexity index is 632. The SMILES string of the molecule is Cc1cc(C)n(CC2CCCN2C(=O)CCc2cccs2)n1. The fraction of sp³-hybridized carbons (Fsp3) is 0.529. The zero-order valence-electron chi connectivity index (χ0n) is 13.3. The van der Waals surface area contributed by atoms with Crippen molar-refractivity contribution in [2.24, 2.45) is 0 Å². The quantitative estimate of drug-likeness (QED) is 0.849. The molecular weight excluding hydrogens is 294 g/mol. The summed E-state index contributed by atoms with van der Waals surface area (Å²) in [5.41, 5.74) is 2.22. The normalized spacial score (nSPS) is 18.1. The number of rotatable bonds is 5. The van der Waals surface area contributed by atoms with Gasteiger partial charge in [-0.05, 0) is 50.6 Å². The lowest BCUT2D eigenvalue weighted by Gasteiger charge is -2.25. The van der Waals surface area contributed by atoms with Crippen LogP contribution in [0.3, 0.4) is 0 Å². The van der Waals surface area contributed by atoms with Gasteiger partial charge in [-0.25, -0.2) is 0 Å². The van der Waals surface area contributed by atoms with Gasteiger partial charge in [0.25, 0.3) is 0 Å². The van der Waals surface area contributed by atoms with Crippen LogP contribution in [-0.2, 0) is 17.8 Å². The molecule has 1 fully saturated rings. The number of thiophene rings is 1. The number of carbonyl (C=O) groups excluding carboxylic acids is 1. The van der Waals surface area contributed by atoms with Crippen molar-refractivity contribution in [2.45, 2.75) is 52.1 Å². The number of hydrogen-bond donors (Lipinski definition) is 0. The molecule has 0 spiro atoms. The van der Waals surface area contributed by atoms with Crippen LogP contribution in [0.25, 0.3) is 0 Å². The van der Waals surface area contributed by atoms with E-state index in [9.17, 15) is 4.79 Å². The summed E-state index contributed by atoms with van der Waals surface area (Å²) < 4.78 is 2.05. The first kappa shape index (κ1) is 15.3. The number of carbonyl (C=O) groups is 1. The minimum Gasteiger partial charge on any atom is -0.338 e. The third kappa shape index (κ3) is 3.40. The first-order valence-corrected chi connectivity index (χ1v) is 8.84. The van der Waals surface area contributed by atoms with Crippen molar-refractivity contribution >= 4 is 17.2 Å². The largest absolute Gasteiger partial charge is 0.338 e. The highest BCUT2D eigenvalue weighted by Gasteiger charge is 2.29. The van der Waals surface area contributed by atoms with Crippen LogP contribution in [0.1, 0.15) is 35.5 Å². The molecule has 1 amide bonds. The van der Waals surface area contributed by atoms with Crippen molar-refractivity contribution in [3.05, 3.63) is 39.8 Å².